The number of carbonyl (C=O) groups is 1. The number of hydrogen-bond acceptors (Lipinski definition) is 6. The molecule has 3 aliphatic rings. The largest absolute Gasteiger partial charge is 0.416 e. The first-order valence-corrected chi connectivity index (χ1v) is 13.0. The highest BCUT2D eigenvalue weighted by Crippen LogP contribution is 2.46. The summed E-state index contributed by atoms with van der Waals surface area (Å²) in [6.45, 7) is 9.01. The smallest absolute Gasteiger partial charge is 0.379 e. The molecule has 3 fully saturated rings. The van der Waals surface area contributed by atoms with Gasteiger partial charge >= 0.3 is 6.18 Å². The third-order valence-corrected chi connectivity index (χ3v) is 8.30. The van der Waals surface area contributed by atoms with Crippen LogP contribution in [0.3, 0.4) is 0 Å². The number of methoxy groups -OCH3 is 1. The minimum absolute atomic E-state index is 0.0182. The first-order chi connectivity index (χ1) is 17.0. The number of amides is 1. The summed E-state index contributed by atoms with van der Waals surface area (Å²) in [6, 6.07) is 2.64. The van der Waals surface area contributed by atoms with E-state index in [1.54, 1.807) is 14.0 Å². The van der Waals surface area contributed by atoms with Crippen molar-refractivity contribution in [2.45, 2.75) is 70.8 Å². The Morgan fingerprint density at radius 3 is 2.58 bits per heavy atom. The van der Waals surface area contributed by atoms with Crippen molar-refractivity contribution in [1.29, 1.82) is 0 Å². The minimum Gasteiger partial charge on any atom is -0.379 e. The Kier molecular flexibility index (Phi) is 8.16. The number of aromatic nitrogens is 1. The van der Waals surface area contributed by atoms with Gasteiger partial charge in [-0.05, 0) is 50.7 Å². The van der Waals surface area contributed by atoms with Crippen LogP contribution in [-0.2, 0) is 20.4 Å². The summed E-state index contributed by atoms with van der Waals surface area (Å²) in [7, 11) is 1.71. The van der Waals surface area contributed by atoms with Gasteiger partial charge in [-0.2, -0.15) is 13.2 Å². The number of anilines is 1. The molecule has 3 heterocycles. The predicted octanol–water partition coefficient (Wildman–Crippen LogP) is 3.65. The molecule has 0 spiro atoms. The predicted molar refractivity (Wildman–Crippen MR) is 131 cm³/mol. The number of alkyl halides is 3. The molecule has 1 amide bonds. The van der Waals surface area contributed by atoms with Crippen LogP contribution in [0.4, 0.5) is 19.0 Å². The quantitative estimate of drug-likeness (QED) is 0.628. The molecule has 1 saturated carbocycles. The van der Waals surface area contributed by atoms with Gasteiger partial charge in [-0.3, -0.25) is 4.79 Å². The molecule has 7 nitrogen and oxygen atoms in total. The Bertz CT molecular complexity index is 920. The lowest BCUT2D eigenvalue weighted by Gasteiger charge is -2.42. The van der Waals surface area contributed by atoms with Crippen LogP contribution in [0.25, 0.3) is 0 Å². The summed E-state index contributed by atoms with van der Waals surface area (Å²) < 4.78 is 51.0. The summed E-state index contributed by atoms with van der Waals surface area (Å²) >= 11 is 0. The number of carbonyl (C=O) groups excluding carboxylic acids is 1. The van der Waals surface area contributed by atoms with Crippen molar-refractivity contribution in [3.63, 3.8) is 0 Å². The summed E-state index contributed by atoms with van der Waals surface area (Å²) in [5.74, 6) is 0.683. The second-order valence-corrected chi connectivity index (χ2v) is 10.8. The Morgan fingerprint density at radius 2 is 1.94 bits per heavy atom. The van der Waals surface area contributed by atoms with Crippen molar-refractivity contribution in [3.05, 3.63) is 23.4 Å². The summed E-state index contributed by atoms with van der Waals surface area (Å²) in [5.41, 5.74) is -0.785. The lowest BCUT2D eigenvalue weighted by Crippen LogP contribution is -2.55. The zero-order valence-electron chi connectivity index (χ0n) is 21.7. The first kappa shape index (κ1) is 27.1. The first-order valence-electron chi connectivity index (χ1n) is 13.0. The van der Waals surface area contributed by atoms with Crippen molar-refractivity contribution in [3.8, 4) is 0 Å². The average Bonchev–Trinajstić information content (AvgIpc) is 3.28. The van der Waals surface area contributed by atoms with E-state index in [2.05, 4.69) is 24.1 Å². The van der Waals surface area contributed by atoms with E-state index in [1.807, 2.05) is 9.80 Å². The van der Waals surface area contributed by atoms with Gasteiger partial charge in [0.05, 0.1) is 23.7 Å². The Hall–Kier alpha value is -1.91. The van der Waals surface area contributed by atoms with Crippen LogP contribution < -0.4 is 10.2 Å². The maximum absolute atomic E-state index is 13.9. The van der Waals surface area contributed by atoms with Gasteiger partial charge in [-0.25, -0.2) is 4.98 Å². The number of rotatable bonds is 6. The second kappa shape index (κ2) is 10.8. The van der Waals surface area contributed by atoms with Gasteiger partial charge in [0.1, 0.15) is 5.82 Å². The molecule has 2 aliphatic heterocycles. The summed E-state index contributed by atoms with van der Waals surface area (Å²) in [4.78, 5) is 22.0. The van der Waals surface area contributed by atoms with Crippen molar-refractivity contribution in [2.24, 2.45) is 11.3 Å². The molecule has 1 N–H and O–H groups in total. The van der Waals surface area contributed by atoms with Gasteiger partial charge in [0, 0.05) is 57.7 Å². The third kappa shape index (κ3) is 5.65. The zero-order chi connectivity index (χ0) is 26.1. The highest BCUT2D eigenvalue weighted by Gasteiger charge is 2.50. The molecule has 2 saturated heterocycles. The number of pyridine rings is 1. The molecule has 4 atom stereocenters. The molecule has 4 rings (SSSR count). The topological polar surface area (TPSA) is 66.9 Å². The van der Waals surface area contributed by atoms with Crippen LogP contribution in [0.15, 0.2) is 12.1 Å². The van der Waals surface area contributed by atoms with Crippen molar-refractivity contribution in [2.75, 3.05) is 51.4 Å². The molecular weight excluding hydrogens is 473 g/mol. The average molecular weight is 513 g/mol. The molecule has 0 bridgehead atoms. The van der Waals surface area contributed by atoms with Gasteiger partial charge in [0.25, 0.3) is 0 Å². The number of nitrogens with zero attached hydrogens (tertiary/aromatic N) is 3. The molecule has 2 unspecified atom stereocenters. The molecule has 10 heteroatoms. The number of hydrogen-bond donors (Lipinski definition) is 1. The van der Waals surface area contributed by atoms with E-state index in [0.717, 1.165) is 37.8 Å². The SMILES string of the molecule is COC1COCCC1N[C@@H]1CC[C@@](C(=O)N2CCN(c3cc(C(F)(F)F)cc(C)n3)CC2)(C(C)C)C1. The normalized spacial score (nSPS) is 29.7. The number of piperazine rings is 1. The van der Waals surface area contributed by atoms with Gasteiger partial charge in [0.2, 0.25) is 5.91 Å². The zero-order valence-corrected chi connectivity index (χ0v) is 21.7. The lowest BCUT2D eigenvalue weighted by atomic mass is 9.74. The Labute approximate surface area is 211 Å². The van der Waals surface area contributed by atoms with E-state index >= 15 is 0 Å². The van der Waals surface area contributed by atoms with Crippen molar-refractivity contribution >= 4 is 11.7 Å². The maximum Gasteiger partial charge on any atom is 0.416 e. The molecule has 0 aromatic carbocycles. The molecule has 0 radical (unpaired) electrons. The summed E-state index contributed by atoms with van der Waals surface area (Å²) in [6.07, 6.45) is -0.953. The van der Waals surface area contributed by atoms with Gasteiger partial charge in [0.15, 0.2) is 0 Å². The van der Waals surface area contributed by atoms with E-state index in [-0.39, 0.29) is 30.0 Å². The third-order valence-electron chi connectivity index (χ3n) is 8.30. The molecule has 1 aromatic rings. The highest BCUT2D eigenvalue weighted by atomic mass is 19.4. The monoisotopic (exact) mass is 512 g/mol. The molecule has 202 valence electrons. The molecule has 36 heavy (non-hydrogen) atoms. The molecule has 1 aliphatic carbocycles. The van der Waals surface area contributed by atoms with Gasteiger partial charge in [-0.15, -0.1) is 0 Å². The highest BCUT2D eigenvalue weighted by molar-refractivity contribution is 5.84. The van der Waals surface area contributed by atoms with Gasteiger partial charge < -0.3 is 24.6 Å². The van der Waals surface area contributed by atoms with E-state index in [0.29, 0.717) is 50.9 Å². The van der Waals surface area contributed by atoms with Crippen molar-refractivity contribution in [1.82, 2.24) is 15.2 Å². The number of ether oxygens (including phenoxy) is 2. The van der Waals surface area contributed by atoms with E-state index < -0.39 is 17.2 Å². The van der Waals surface area contributed by atoms with Crippen LogP contribution >= 0.6 is 0 Å². The van der Waals surface area contributed by atoms with E-state index in [1.165, 1.54) is 0 Å². The van der Waals surface area contributed by atoms with Crippen molar-refractivity contribution < 1.29 is 27.4 Å². The Morgan fingerprint density at radius 1 is 1.22 bits per heavy atom. The Balaban J connectivity index is 1.40. The molecular formula is C26H39F3N4O3. The number of aryl methyl sites for hydroxylation is 1. The van der Waals surface area contributed by atoms with Crippen LogP contribution in [0.1, 0.15) is 50.8 Å². The number of halogens is 3. The fourth-order valence-corrected chi connectivity index (χ4v) is 6.05. The standard InChI is InChI=1S/C26H39F3N4O3/c1-17(2)25(7-5-20(15-25)31-21-6-12-36-16-22(21)35-4)24(34)33-10-8-32(9-11-33)23-14-19(26(27,28)29)13-18(3)30-23/h13-14,17,20-22,31H,5-12,15-16H2,1-4H3/t20-,21?,22?,25+/m1/s1. The molecule has 1 aromatic heterocycles. The van der Waals surface area contributed by atoms with Crippen LogP contribution in [0, 0.1) is 18.3 Å². The fraction of sp³-hybridized carbons (Fsp3) is 0.769. The fourth-order valence-electron chi connectivity index (χ4n) is 6.05. The summed E-state index contributed by atoms with van der Waals surface area (Å²) in [5, 5.41) is 3.75. The van der Waals surface area contributed by atoms with E-state index in [4.69, 9.17) is 9.47 Å². The van der Waals surface area contributed by atoms with Crippen LogP contribution in [0.5, 0.6) is 0 Å². The second-order valence-electron chi connectivity index (χ2n) is 10.8. The van der Waals surface area contributed by atoms with E-state index in [9.17, 15) is 18.0 Å². The van der Waals surface area contributed by atoms with Crippen LogP contribution in [0.2, 0.25) is 0 Å². The lowest BCUT2D eigenvalue weighted by molar-refractivity contribution is -0.145. The minimum atomic E-state index is -4.41. The van der Waals surface area contributed by atoms with Crippen LogP contribution in [-0.4, -0.2) is 80.5 Å². The van der Waals surface area contributed by atoms with Gasteiger partial charge in [-0.1, -0.05) is 13.8 Å². The number of nitrogens with one attached hydrogen (secondary N) is 1. The maximum atomic E-state index is 13.9.